The number of ketones is 1. The molecule has 6 rings (SSSR count). The zero-order valence-electron chi connectivity index (χ0n) is 24.6. The summed E-state index contributed by atoms with van der Waals surface area (Å²) >= 11 is 0. The number of aliphatic hydroxyl groups is 1. The van der Waals surface area contributed by atoms with E-state index < -0.39 is 19.1 Å². The van der Waals surface area contributed by atoms with E-state index in [9.17, 15) is 14.7 Å². The minimum absolute atomic E-state index is 0.0182. The molecule has 0 spiro atoms. The second kappa shape index (κ2) is 11.0. The highest BCUT2D eigenvalue weighted by Gasteiger charge is 2.68. The maximum absolute atomic E-state index is 13.6. The summed E-state index contributed by atoms with van der Waals surface area (Å²) in [6, 6.07) is 11.1. The largest absolute Gasteiger partial charge is 0.481 e. The number of carbonyl (C=O) groups excluding carboxylic acids is 2. The maximum atomic E-state index is 13.6. The Labute approximate surface area is 238 Å². The van der Waals surface area contributed by atoms with Crippen LogP contribution >= 0.6 is 0 Å². The molecule has 1 saturated heterocycles. The molecule has 0 unspecified atom stereocenters. The van der Waals surface area contributed by atoms with Crippen molar-refractivity contribution in [3.63, 3.8) is 0 Å². The van der Waals surface area contributed by atoms with E-state index in [0.717, 1.165) is 24.0 Å². The number of benzene rings is 1. The zero-order chi connectivity index (χ0) is 28.8. The molecule has 3 aliphatic carbocycles. The van der Waals surface area contributed by atoms with Crippen molar-refractivity contribution in [1.29, 1.82) is 0 Å². The first-order valence-electron chi connectivity index (χ1n) is 14.8. The third-order valence-electron chi connectivity index (χ3n) is 9.88. The van der Waals surface area contributed by atoms with Gasteiger partial charge in [-0.25, -0.2) is 0 Å². The highest BCUT2D eigenvalue weighted by atomic mass is 16.7. The number of nitrogens with one attached hydrogen (secondary N) is 1. The molecule has 1 aromatic heterocycles. The summed E-state index contributed by atoms with van der Waals surface area (Å²) in [7, 11) is -0.554. The molecule has 1 aromatic carbocycles. The van der Waals surface area contributed by atoms with Gasteiger partial charge in [-0.1, -0.05) is 58.0 Å². The van der Waals surface area contributed by atoms with E-state index in [1.807, 2.05) is 24.3 Å². The topological polar surface area (TPSA) is 97.8 Å². The van der Waals surface area contributed by atoms with E-state index in [4.69, 9.17) is 9.31 Å². The lowest BCUT2D eigenvalue weighted by Gasteiger charge is -2.64. The summed E-state index contributed by atoms with van der Waals surface area (Å²) in [5, 5.41) is 13.7. The minimum atomic E-state index is -0.989. The zero-order valence-corrected chi connectivity index (χ0v) is 24.6. The number of aliphatic hydroxyl groups excluding tert-OH is 1. The first-order valence-corrected chi connectivity index (χ1v) is 14.8. The summed E-state index contributed by atoms with van der Waals surface area (Å²) in [5.74, 6) is -0.429. The van der Waals surface area contributed by atoms with Crippen molar-refractivity contribution < 1.29 is 24.0 Å². The van der Waals surface area contributed by atoms with E-state index in [2.05, 4.69) is 44.9 Å². The monoisotopic (exact) mass is 546 g/mol. The van der Waals surface area contributed by atoms with Crippen molar-refractivity contribution in [3.8, 4) is 11.1 Å². The molecule has 1 amide bonds. The molecule has 1 aliphatic heterocycles. The van der Waals surface area contributed by atoms with Crippen molar-refractivity contribution in [1.82, 2.24) is 10.3 Å². The highest BCUT2D eigenvalue weighted by molar-refractivity contribution is 6.47. The van der Waals surface area contributed by atoms with Gasteiger partial charge in [-0.2, -0.15) is 0 Å². The van der Waals surface area contributed by atoms with E-state index in [-0.39, 0.29) is 41.2 Å². The Morgan fingerprint density at radius 1 is 1.10 bits per heavy atom. The van der Waals surface area contributed by atoms with Crippen LogP contribution in [0.25, 0.3) is 11.1 Å². The van der Waals surface area contributed by atoms with Crippen molar-refractivity contribution in [3.05, 3.63) is 54.4 Å². The van der Waals surface area contributed by atoms with Crippen LogP contribution in [-0.4, -0.2) is 52.6 Å². The molecule has 2 bridgehead atoms. The molecular formula is C32H43BN2O5. The van der Waals surface area contributed by atoms with Gasteiger partial charge in [-0.15, -0.1) is 0 Å². The first kappa shape index (κ1) is 29.0. The average Bonchev–Trinajstić information content (AvgIpc) is 3.28. The summed E-state index contributed by atoms with van der Waals surface area (Å²) in [6.07, 6.45) is 5.24. The lowest BCUT2D eigenvalue weighted by atomic mass is 9.43. The maximum Gasteiger partial charge on any atom is 0.481 e. The summed E-state index contributed by atoms with van der Waals surface area (Å²) in [6.45, 7) is 12.6. The predicted octanol–water partition coefficient (Wildman–Crippen LogP) is 5.12. The molecule has 7 atom stereocenters. The van der Waals surface area contributed by atoms with Crippen molar-refractivity contribution in [2.45, 2.75) is 91.0 Å². The number of rotatable bonds is 10. The predicted molar refractivity (Wildman–Crippen MR) is 155 cm³/mol. The second-order valence-corrected chi connectivity index (χ2v) is 13.4. The number of pyridine rings is 1. The molecule has 4 aliphatic rings. The molecule has 7 nitrogen and oxygen atoms in total. The number of carbonyl (C=O) groups is 2. The van der Waals surface area contributed by atoms with Gasteiger partial charge in [0.05, 0.1) is 29.7 Å². The first-order chi connectivity index (χ1) is 18.9. The molecule has 2 N–H and O–H groups in total. The number of nitrogens with zero attached hydrogens (tertiary/aromatic N) is 1. The van der Waals surface area contributed by atoms with E-state index in [1.165, 1.54) is 0 Å². The van der Waals surface area contributed by atoms with Gasteiger partial charge in [0.1, 0.15) is 0 Å². The third kappa shape index (κ3) is 5.38. The standard InChI is InChI=1S/C32H43BN2O5/c1-19(2)14-29(33-39-28-16-24-15-27(31(24,4)5)32(28,6)40-33)35-30(38)25(20(3)36)17-26(37)22-11-9-21(10-12-22)23-8-7-13-34-18-23/h7-13,18-20,24-25,27-29,36H,14-17H2,1-6H3,(H,35,38)/t20-,24+,25+,27+,28-,29+,32+/m1/s1. The number of hydrogen-bond acceptors (Lipinski definition) is 6. The van der Waals surface area contributed by atoms with Crippen LogP contribution in [0.3, 0.4) is 0 Å². The second-order valence-electron chi connectivity index (χ2n) is 13.4. The fourth-order valence-corrected chi connectivity index (χ4v) is 7.29. The van der Waals surface area contributed by atoms with Gasteiger partial charge in [0.15, 0.2) is 5.78 Å². The van der Waals surface area contributed by atoms with Crippen LogP contribution in [0.1, 0.15) is 77.6 Å². The van der Waals surface area contributed by atoms with Crippen molar-refractivity contribution in [2.24, 2.45) is 29.1 Å². The van der Waals surface area contributed by atoms with Crippen LogP contribution in [0.4, 0.5) is 0 Å². The van der Waals surface area contributed by atoms with Crippen LogP contribution in [-0.2, 0) is 14.1 Å². The SMILES string of the molecule is CC(C)C[C@H](NC(=O)[C@@H](CC(=O)c1ccc(-c2cccnc2)cc1)[C@@H](C)O)B1O[C@@H]2C[C@@H]3C[C@@H](C3(C)C)[C@]2(C)O1. The number of amides is 1. The van der Waals surface area contributed by atoms with Crippen molar-refractivity contribution >= 4 is 18.8 Å². The van der Waals surface area contributed by atoms with Crippen LogP contribution in [0.5, 0.6) is 0 Å². The van der Waals surface area contributed by atoms with Gasteiger partial charge in [-0.3, -0.25) is 14.6 Å². The number of Topliss-reactive ketones (excluding diaryl/α,β-unsaturated/α-hetero) is 1. The molecule has 214 valence electrons. The fourth-order valence-electron chi connectivity index (χ4n) is 7.29. The van der Waals surface area contributed by atoms with E-state index in [0.29, 0.717) is 29.7 Å². The van der Waals surface area contributed by atoms with E-state index in [1.54, 1.807) is 31.5 Å². The van der Waals surface area contributed by atoms with Crippen LogP contribution in [0.15, 0.2) is 48.8 Å². The van der Waals surface area contributed by atoms with Crippen LogP contribution in [0.2, 0.25) is 0 Å². The van der Waals surface area contributed by atoms with Crippen molar-refractivity contribution in [2.75, 3.05) is 0 Å². The number of hydrogen-bond donors (Lipinski definition) is 2. The third-order valence-corrected chi connectivity index (χ3v) is 9.88. The molecule has 4 fully saturated rings. The number of aromatic nitrogens is 1. The normalized spacial score (nSPS) is 28.8. The molecule has 2 heterocycles. The molecule has 8 heteroatoms. The van der Waals surface area contributed by atoms with Gasteiger partial charge >= 0.3 is 7.12 Å². The van der Waals surface area contributed by atoms with Gasteiger partial charge in [0.2, 0.25) is 5.91 Å². The molecule has 3 saturated carbocycles. The smallest absolute Gasteiger partial charge is 0.404 e. The minimum Gasteiger partial charge on any atom is -0.404 e. The molecular weight excluding hydrogens is 503 g/mol. The van der Waals surface area contributed by atoms with Gasteiger partial charge in [0.25, 0.3) is 0 Å². The Morgan fingerprint density at radius 3 is 2.42 bits per heavy atom. The lowest BCUT2D eigenvalue weighted by molar-refractivity contribution is -0.199. The Hall–Kier alpha value is -2.55. The summed E-state index contributed by atoms with van der Waals surface area (Å²) < 4.78 is 13.2. The van der Waals surface area contributed by atoms with Gasteiger partial charge in [0, 0.05) is 24.4 Å². The summed E-state index contributed by atoms with van der Waals surface area (Å²) in [5.41, 5.74) is 2.28. The lowest BCUT2D eigenvalue weighted by Crippen LogP contribution is -2.65. The van der Waals surface area contributed by atoms with Gasteiger partial charge in [-0.05, 0) is 73.5 Å². The average molecular weight is 547 g/mol. The van der Waals surface area contributed by atoms with Crippen LogP contribution < -0.4 is 5.32 Å². The Balaban J connectivity index is 1.27. The fraction of sp³-hybridized carbons (Fsp3) is 0.594. The van der Waals surface area contributed by atoms with Crippen LogP contribution in [0, 0.1) is 29.1 Å². The molecule has 2 aromatic rings. The molecule has 40 heavy (non-hydrogen) atoms. The highest BCUT2D eigenvalue weighted by Crippen LogP contribution is 2.65. The summed E-state index contributed by atoms with van der Waals surface area (Å²) in [4.78, 5) is 30.9. The Bertz CT molecular complexity index is 1220. The Morgan fingerprint density at radius 2 is 1.82 bits per heavy atom. The molecule has 0 radical (unpaired) electrons. The van der Waals surface area contributed by atoms with E-state index >= 15 is 0 Å². The van der Waals surface area contributed by atoms with Gasteiger partial charge < -0.3 is 19.7 Å². The Kier molecular flexibility index (Phi) is 7.99. The quantitative estimate of drug-likeness (QED) is 0.317.